The van der Waals surface area contributed by atoms with Gasteiger partial charge in [-0.2, -0.15) is 0 Å². The number of aromatic nitrogens is 1. The number of H-pyrrole nitrogens is 1. The predicted molar refractivity (Wildman–Crippen MR) is 127 cm³/mol. The molecular formula is C27H26N2O7. The fourth-order valence-corrected chi connectivity index (χ4v) is 4.43. The number of nitrogens with one attached hydrogen (secondary N) is 1. The highest BCUT2D eigenvalue weighted by atomic mass is 16.8. The maximum absolute atomic E-state index is 12.2. The SMILES string of the molecule is O=C1OC2(CC(OCc3ccccc3OCc3ccccc3)CCN2Cc2ccc[nH]c2=O)OC1=O. The Morgan fingerprint density at radius 1 is 0.889 bits per heavy atom. The molecule has 0 aliphatic carbocycles. The molecule has 186 valence electrons. The van der Waals surface area contributed by atoms with Crippen molar-refractivity contribution in [3.8, 4) is 5.75 Å². The number of likely N-dealkylation sites (tertiary alicyclic amines) is 1. The fourth-order valence-electron chi connectivity index (χ4n) is 4.43. The molecule has 1 unspecified atom stereocenters. The van der Waals surface area contributed by atoms with Gasteiger partial charge in [0.15, 0.2) is 0 Å². The molecule has 2 aliphatic rings. The van der Waals surface area contributed by atoms with E-state index in [2.05, 4.69) is 4.98 Å². The van der Waals surface area contributed by atoms with Gasteiger partial charge in [-0.15, -0.1) is 0 Å². The highest BCUT2D eigenvalue weighted by molar-refractivity contribution is 6.31. The highest BCUT2D eigenvalue weighted by Gasteiger charge is 2.56. The average molecular weight is 491 g/mol. The zero-order valence-electron chi connectivity index (χ0n) is 19.6. The van der Waals surface area contributed by atoms with Gasteiger partial charge in [-0.1, -0.05) is 54.6 Å². The summed E-state index contributed by atoms with van der Waals surface area (Å²) in [4.78, 5) is 40.5. The van der Waals surface area contributed by atoms with Gasteiger partial charge in [0, 0.05) is 30.4 Å². The van der Waals surface area contributed by atoms with Gasteiger partial charge in [-0.3, -0.25) is 4.79 Å². The summed E-state index contributed by atoms with van der Waals surface area (Å²) >= 11 is 0. The first kappa shape index (κ1) is 23.8. The minimum atomic E-state index is -1.61. The molecule has 2 saturated heterocycles. The summed E-state index contributed by atoms with van der Waals surface area (Å²) in [7, 11) is 0. The second kappa shape index (κ2) is 10.3. The molecule has 36 heavy (non-hydrogen) atoms. The van der Waals surface area contributed by atoms with Crippen LogP contribution in [0.4, 0.5) is 0 Å². The van der Waals surface area contributed by atoms with E-state index in [0.29, 0.717) is 25.1 Å². The van der Waals surface area contributed by atoms with Crippen molar-refractivity contribution in [2.24, 2.45) is 0 Å². The van der Waals surface area contributed by atoms with Crippen molar-refractivity contribution in [1.29, 1.82) is 0 Å². The Hall–Kier alpha value is -3.95. The Kier molecular flexibility index (Phi) is 6.84. The summed E-state index contributed by atoms with van der Waals surface area (Å²) in [5.41, 5.74) is 2.15. The van der Waals surface area contributed by atoms with E-state index in [0.717, 1.165) is 16.9 Å². The number of hydrogen-bond acceptors (Lipinski definition) is 8. The lowest BCUT2D eigenvalue weighted by molar-refractivity contribution is -0.283. The van der Waals surface area contributed by atoms with Gasteiger partial charge in [0.2, 0.25) is 0 Å². The molecule has 2 aliphatic heterocycles. The Morgan fingerprint density at radius 2 is 1.61 bits per heavy atom. The van der Waals surface area contributed by atoms with E-state index >= 15 is 0 Å². The molecule has 2 fully saturated rings. The van der Waals surface area contributed by atoms with Gasteiger partial charge in [-0.05, 0) is 24.1 Å². The Labute approximate surface area is 207 Å². The van der Waals surface area contributed by atoms with Crippen molar-refractivity contribution in [2.45, 2.75) is 44.6 Å². The molecule has 9 heteroatoms. The maximum Gasteiger partial charge on any atom is 0.421 e. The van der Waals surface area contributed by atoms with Crippen LogP contribution in [0.2, 0.25) is 0 Å². The molecule has 1 atom stereocenters. The third-order valence-electron chi connectivity index (χ3n) is 6.30. The fraction of sp³-hybridized carbons (Fsp3) is 0.296. The number of carbonyl (C=O) groups is 2. The molecule has 0 bridgehead atoms. The van der Waals surface area contributed by atoms with Gasteiger partial charge in [0.05, 0.1) is 19.1 Å². The van der Waals surface area contributed by atoms with Gasteiger partial charge in [0.25, 0.3) is 5.56 Å². The number of rotatable bonds is 8. The number of benzene rings is 2. The number of aromatic amines is 1. The van der Waals surface area contributed by atoms with E-state index in [4.69, 9.17) is 18.9 Å². The first-order valence-electron chi connectivity index (χ1n) is 11.8. The minimum Gasteiger partial charge on any atom is -0.489 e. The maximum atomic E-state index is 12.2. The largest absolute Gasteiger partial charge is 0.489 e. The van der Waals surface area contributed by atoms with Crippen LogP contribution in [0, 0.1) is 0 Å². The smallest absolute Gasteiger partial charge is 0.421 e. The van der Waals surface area contributed by atoms with E-state index < -0.39 is 17.8 Å². The molecule has 3 heterocycles. The monoisotopic (exact) mass is 490 g/mol. The quantitative estimate of drug-likeness (QED) is 0.380. The Bertz CT molecular complexity index is 1270. The van der Waals surface area contributed by atoms with Crippen LogP contribution in [0.15, 0.2) is 77.7 Å². The van der Waals surface area contributed by atoms with Gasteiger partial charge >= 0.3 is 17.8 Å². The van der Waals surface area contributed by atoms with E-state index in [9.17, 15) is 14.4 Å². The molecule has 3 aromatic rings. The topological polar surface area (TPSA) is 107 Å². The van der Waals surface area contributed by atoms with E-state index in [1.54, 1.807) is 23.2 Å². The zero-order chi connectivity index (χ0) is 25.0. The van der Waals surface area contributed by atoms with Crippen molar-refractivity contribution >= 4 is 11.9 Å². The molecule has 2 aromatic carbocycles. The third-order valence-corrected chi connectivity index (χ3v) is 6.30. The summed E-state index contributed by atoms with van der Waals surface area (Å²) in [5, 5.41) is 0. The van der Waals surface area contributed by atoms with E-state index in [-0.39, 0.29) is 31.2 Å². The Morgan fingerprint density at radius 3 is 2.39 bits per heavy atom. The molecule has 0 amide bonds. The van der Waals surface area contributed by atoms with Crippen molar-refractivity contribution in [3.05, 3.63) is 100.0 Å². The lowest BCUT2D eigenvalue weighted by Gasteiger charge is -2.43. The summed E-state index contributed by atoms with van der Waals surface area (Å²) in [6.07, 6.45) is 1.91. The van der Waals surface area contributed by atoms with Crippen molar-refractivity contribution < 1.29 is 28.5 Å². The molecule has 9 nitrogen and oxygen atoms in total. The highest BCUT2D eigenvalue weighted by Crippen LogP contribution is 2.37. The minimum absolute atomic E-state index is 0.127. The van der Waals surface area contributed by atoms with Crippen molar-refractivity contribution in [3.63, 3.8) is 0 Å². The van der Waals surface area contributed by atoms with Crippen LogP contribution >= 0.6 is 0 Å². The second-order valence-corrected chi connectivity index (χ2v) is 8.75. The number of esters is 2. The number of para-hydroxylation sites is 1. The van der Waals surface area contributed by atoms with Crippen LogP contribution in [0.3, 0.4) is 0 Å². The van der Waals surface area contributed by atoms with Crippen LogP contribution in [0.5, 0.6) is 5.75 Å². The number of piperidine rings is 1. The normalized spacial score (nSPS) is 19.2. The first-order valence-corrected chi connectivity index (χ1v) is 11.8. The summed E-state index contributed by atoms with van der Waals surface area (Å²) in [6, 6.07) is 20.9. The number of carbonyl (C=O) groups excluding carboxylic acids is 2. The van der Waals surface area contributed by atoms with E-state index in [1.807, 2.05) is 54.6 Å². The number of hydrogen-bond donors (Lipinski definition) is 1. The van der Waals surface area contributed by atoms with Crippen LogP contribution in [-0.2, 0) is 43.6 Å². The van der Waals surface area contributed by atoms with Crippen LogP contribution in [-0.4, -0.2) is 40.4 Å². The average Bonchev–Trinajstić information content (AvgIpc) is 3.18. The molecule has 1 N–H and O–H groups in total. The van der Waals surface area contributed by atoms with Gasteiger partial charge in [0.1, 0.15) is 12.4 Å². The lowest BCUT2D eigenvalue weighted by Crippen LogP contribution is -2.56. The van der Waals surface area contributed by atoms with Crippen LogP contribution in [0.25, 0.3) is 0 Å². The summed E-state index contributed by atoms with van der Waals surface area (Å²) in [5.74, 6) is -3.00. The zero-order valence-corrected chi connectivity index (χ0v) is 19.6. The van der Waals surface area contributed by atoms with Gasteiger partial charge < -0.3 is 23.9 Å². The molecule has 1 aromatic heterocycles. The molecule has 0 radical (unpaired) electrons. The van der Waals surface area contributed by atoms with Crippen molar-refractivity contribution in [2.75, 3.05) is 6.54 Å². The standard InChI is InChI=1S/C27H26N2O7/c30-24-20(10-6-13-28-24)16-29-14-12-22(15-27(29)35-25(31)26(32)36-27)33-18-21-9-4-5-11-23(21)34-17-19-7-2-1-3-8-19/h1-11,13,22H,12,14-18H2,(H,28,30). The van der Waals surface area contributed by atoms with Gasteiger partial charge in [-0.25, -0.2) is 14.5 Å². The summed E-state index contributed by atoms with van der Waals surface area (Å²) in [6.45, 7) is 1.25. The lowest BCUT2D eigenvalue weighted by atomic mass is 10.0. The molecule has 5 rings (SSSR count). The number of ether oxygens (including phenoxy) is 4. The number of nitrogens with zero attached hydrogens (tertiary/aromatic N) is 1. The molecule has 1 spiro atoms. The third kappa shape index (κ3) is 5.17. The molecule has 0 saturated carbocycles. The first-order chi connectivity index (χ1) is 17.5. The van der Waals surface area contributed by atoms with Crippen molar-refractivity contribution in [1.82, 2.24) is 9.88 Å². The molecular weight excluding hydrogens is 464 g/mol. The van der Waals surface area contributed by atoms with E-state index in [1.165, 1.54) is 0 Å². The number of pyridine rings is 1. The second-order valence-electron chi connectivity index (χ2n) is 8.75. The summed E-state index contributed by atoms with van der Waals surface area (Å²) < 4.78 is 23.0. The predicted octanol–water partition coefficient (Wildman–Crippen LogP) is 2.89. The van der Waals surface area contributed by atoms with Crippen LogP contribution < -0.4 is 10.3 Å². The Balaban J connectivity index is 1.26. The van der Waals surface area contributed by atoms with Crippen LogP contribution in [0.1, 0.15) is 29.5 Å².